The van der Waals surface area contributed by atoms with Crippen LogP contribution in [0.1, 0.15) is 36.1 Å². The molecule has 2 aromatic carbocycles. The smallest absolute Gasteiger partial charge is 1.00 e. The van der Waals surface area contributed by atoms with E-state index in [9.17, 15) is 0 Å². The Bertz CT molecular complexity index is 638. The number of hydrogen-bond donors (Lipinski definition) is 3. The van der Waals surface area contributed by atoms with E-state index < -0.39 is 0 Å². The van der Waals surface area contributed by atoms with Gasteiger partial charge in [0.15, 0.2) is 0 Å². The van der Waals surface area contributed by atoms with Gasteiger partial charge in [0, 0.05) is 37.6 Å². The van der Waals surface area contributed by atoms with Crippen LogP contribution in [-0.4, -0.2) is 26.2 Å². The van der Waals surface area contributed by atoms with Crippen LogP contribution < -0.4 is 40.8 Å². The number of para-hydroxylation sites is 2. The quantitative estimate of drug-likeness (QED) is 0.373. The van der Waals surface area contributed by atoms with Gasteiger partial charge in [0.2, 0.25) is 0 Å². The summed E-state index contributed by atoms with van der Waals surface area (Å²) in [4.78, 5) is 0. The Labute approximate surface area is 193 Å². The van der Waals surface area contributed by atoms with E-state index in [0.717, 1.165) is 39.0 Å². The zero-order valence-corrected chi connectivity index (χ0v) is 19.8. The van der Waals surface area contributed by atoms with Gasteiger partial charge >= 0.3 is 16.8 Å². The topological polar surface area (TPSA) is 36.1 Å². The Morgan fingerprint density at radius 2 is 1.07 bits per heavy atom. The molecule has 0 saturated heterocycles. The minimum atomic E-state index is 0. The summed E-state index contributed by atoms with van der Waals surface area (Å²) < 4.78 is 0. The van der Waals surface area contributed by atoms with Crippen molar-refractivity contribution in [3.63, 3.8) is 0 Å². The Morgan fingerprint density at radius 1 is 0.643 bits per heavy atom. The first-order valence-corrected chi connectivity index (χ1v) is 9.52. The Morgan fingerprint density at radius 3 is 1.54 bits per heavy atom. The van der Waals surface area contributed by atoms with Crippen LogP contribution in [0.4, 0.5) is 11.4 Å². The van der Waals surface area contributed by atoms with Gasteiger partial charge in [-0.1, -0.05) is 50.2 Å². The third kappa shape index (κ3) is 8.62. The average molecular weight is 469 g/mol. The number of benzene rings is 2. The summed E-state index contributed by atoms with van der Waals surface area (Å²) in [6, 6.07) is 13.0. The zero-order valence-electron chi connectivity index (χ0n) is 17.3. The van der Waals surface area contributed by atoms with Gasteiger partial charge in [0.25, 0.3) is 0 Å². The Hall–Kier alpha value is -0.914. The molecule has 2 rings (SSSR count). The molecular weight excluding hydrogens is 436 g/mol. The van der Waals surface area contributed by atoms with Crippen molar-refractivity contribution in [2.24, 2.45) is 0 Å². The fraction of sp³-hybridized carbons (Fsp3) is 0.455. The zero-order chi connectivity index (χ0) is 18.1. The molecule has 3 N–H and O–H groups in total. The van der Waals surface area contributed by atoms with Gasteiger partial charge < -0.3 is 40.8 Å². The van der Waals surface area contributed by atoms with Gasteiger partial charge in [-0.2, -0.15) is 0 Å². The van der Waals surface area contributed by atoms with Gasteiger partial charge in [-0.05, 0) is 48.9 Å². The van der Waals surface area contributed by atoms with Gasteiger partial charge in [0.1, 0.15) is 0 Å². The molecule has 0 unspecified atom stereocenters. The molecule has 0 aliphatic heterocycles. The minimum absolute atomic E-state index is 0. The van der Waals surface area contributed by atoms with Crippen LogP contribution in [0.2, 0.25) is 0 Å². The van der Waals surface area contributed by atoms with Gasteiger partial charge in [-0.25, -0.2) is 0 Å². The van der Waals surface area contributed by atoms with Crippen LogP contribution in [0.3, 0.4) is 0 Å². The fourth-order valence-corrected chi connectivity index (χ4v) is 3.24. The molecule has 3 nitrogen and oxygen atoms in total. The van der Waals surface area contributed by atoms with Gasteiger partial charge in [-0.15, -0.1) is 0 Å². The standard InChI is InChI=1S/C22H33N3.2ClH.Co/c1-5-19-11-8-12-20(6-2)22(19)25-16-14-23-13-15-24-21-17(3)9-7-10-18(21)4;;;/h7-12,23-25H,5-6,13-16H2,1-4H3;2*1H;/q;;;+2/p-2. The minimum Gasteiger partial charge on any atom is -1.00 e. The molecule has 28 heavy (non-hydrogen) atoms. The molecule has 0 aliphatic carbocycles. The summed E-state index contributed by atoms with van der Waals surface area (Å²) in [6.45, 7) is 12.6. The molecule has 0 heterocycles. The molecule has 0 aromatic heterocycles. The number of hydrogen-bond acceptors (Lipinski definition) is 3. The van der Waals surface area contributed by atoms with Crippen molar-refractivity contribution >= 4 is 11.4 Å². The van der Waals surface area contributed by atoms with Crippen molar-refractivity contribution in [1.82, 2.24) is 5.32 Å². The molecule has 1 radical (unpaired) electrons. The summed E-state index contributed by atoms with van der Waals surface area (Å²) in [5.74, 6) is 0. The van der Waals surface area contributed by atoms with E-state index in [1.54, 1.807) is 0 Å². The number of nitrogens with one attached hydrogen (secondary N) is 3. The van der Waals surface area contributed by atoms with Crippen LogP contribution in [0.25, 0.3) is 0 Å². The molecule has 0 atom stereocenters. The largest absolute Gasteiger partial charge is 2.00 e. The van der Waals surface area contributed by atoms with Crippen molar-refractivity contribution in [3.8, 4) is 0 Å². The maximum atomic E-state index is 3.63. The van der Waals surface area contributed by atoms with Crippen LogP contribution >= 0.6 is 0 Å². The Balaban J connectivity index is 0. The predicted molar refractivity (Wildman–Crippen MR) is 111 cm³/mol. The van der Waals surface area contributed by atoms with E-state index in [0.29, 0.717) is 0 Å². The summed E-state index contributed by atoms with van der Waals surface area (Å²) in [7, 11) is 0. The maximum Gasteiger partial charge on any atom is 2.00 e. The first-order valence-electron chi connectivity index (χ1n) is 9.52. The second-order valence-corrected chi connectivity index (χ2v) is 6.53. The molecule has 0 fully saturated rings. The first-order chi connectivity index (χ1) is 12.2. The molecule has 2 aromatic rings. The molecule has 6 heteroatoms. The normalized spacial score (nSPS) is 9.57. The summed E-state index contributed by atoms with van der Waals surface area (Å²) >= 11 is 0. The number of halogens is 2. The van der Waals surface area contributed by atoms with E-state index in [1.165, 1.54) is 33.6 Å². The van der Waals surface area contributed by atoms with Crippen LogP contribution in [0.15, 0.2) is 36.4 Å². The predicted octanol–water partition coefficient (Wildman–Crippen LogP) is -1.45. The third-order valence-electron chi connectivity index (χ3n) is 4.69. The molecule has 0 aliphatic rings. The van der Waals surface area contributed by atoms with Crippen LogP contribution in [0, 0.1) is 13.8 Å². The maximum absolute atomic E-state index is 3.63. The van der Waals surface area contributed by atoms with Crippen molar-refractivity contribution in [3.05, 3.63) is 58.7 Å². The second kappa shape index (κ2) is 15.9. The summed E-state index contributed by atoms with van der Waals surface area (Å²) in [6.07, 6.45) is 2.15. The second-order valence-electron chi connectivity index (χ2n) is 6.53. The van der Waals surface area contributed by atoms with E-state index >= 15 is 0 Å². The van der Waals surface area contributed by atoms with E-state index in [1.807, 2.05) is 0 Å². The monoisotopic (exact) mass is 468 g/mol. The first kappa shape index (κ1) is 29.3. The van der Waals surface area contributed by atoms with Gasteiger partial charge in [-0.3, -0.25) is 0 Å². The van der Waals surface area contributed by atoms with Crippen molar-refractivity contribution in [1.29, 1.82) is 0 Å². The van der Waals surface area contributed by atoms with Crippen molar-refractivity contribution in [2.75, 3.05) is 36.8 Å². The average Bonchev–Trinajstić information content (AvgIpc) is 2.62. The summed E-state index contributed by atoms with van der Waals surface area (Å²) in [5.41, 5.74) is 8.05. The van der Waals surface area contributed by atoms with Crippen molar-refractivity contribution in [2.45, 2.75) is 40.5 Å². The summed E-state index contributed by atoms with van der Waals surface area (Å²) in [5, 5.41) is 10.7. The SMILES string of the molecule is CCc1cccc(CC)c1NCCNCCNc1c(C)cccc1C.[Cl-].[Cl-].[Co+2]. The molecule has 0 saturated carbocycles. The van der Waals surface area contributed by atoms with Crippen LogP contribution in [0.5, 0.6) is 0 Å². The molecule has 0 amide bonds. The number of anilines is 2. The number of aryl methyl sites for hydroxylation is 4. The van der Waals surface area contributed by atoms with Gasteiger partial charge in [0.05, 0.1) is 0 Å². The van der Waals surface area contributed by atoms with Crippen LogP contribution in [-0.2, 0) is 29.6 Å². The fourth-order valence-electron chi connectivity index (χ4n) is 3.24. The molecule has 159 valence electrons. The van der Waals surface area contributed by atoms with E-state index in [4.69, 9.17) is 0 Å². The van der Waals surface area contributed by atoms with Crippen molar-refractivity contribution < 1.29 is 41.6 Å². The van der Waals surface area contributed by atoms with E-state index in [2.05, 4.69) is 80.0 Å². The molecular formula is C22H33Cl2CoN3. The Kier molecular flexibility index (Phi) is 16.7. The third-order valence-corrected chi connectivity index (χ3v) is 4.69. The number of rotatable bonds is 10. The molecule has 0 bridgehead atoms. The molecule has 0 spiro atoms. The van der Waals surface area contributed by atoms with E-state index in [-0.39, 0.29) is 41.6 Å².